The van der Waals surface area contributed by atoms with E-state index in [4.69, 9.17) is 28.9 Å². The third-order valence-corrected chi connectivity index (χ3v) is 3.97. The van der Waals surface area contributed by atoms with Gasteiger partial charge in [-0.05, 0) is 48.4 Å². The molecule has 0 aliphatic rings. The standard InChI is InChI=1S/C14H12BrCl2N/c1-14(18,9-3-2-4-10(15)7-9)12-8-11(16)5-6-13(12)17/h2-8H,18H2,1H3. The molecule has 4 heteroatoms. The molecule has 0 saturated heterocycles. The van der Waals surface area contributed by atoms with Crippen molar-refractivity contribution in [2.24, 2.45) is 5.73 Å². The van der Waals surface area contributed by atoms with E-state index in [0.29, 0.717) is 10.0 Å². The molecule has 0 radical (unpaired) electrons. The van der Waals surface area contributed by atoms with E-state index < -0.39 is 5.54 Å². The minimum Gasteiger partial charge on any atom is -0.318 e. The Kier molecular flexibility index (Phi) is 4.02. The minimum atomic E-state index is -0.689. The van der Waals surface area contributed by atoms with Crippen LogP contribution in [0.3, 0.4) is 0 Å². The molecule has 0 spiro atoms. The molecule has 0 fully saturated rings. The number of nitrogens with two attached hydrogens (primary N) is 1. The van der Waals surface area contributed by atoms with Gasteiger partial charge < -0.3 is 5.73 Å². The van der Waals surface area contributed by atoms with Crippen LogP contribution in [0, 0.1) is 0 Å². The molecular weight excluding hydrogens is 333 g/mol. The van der Waals surface area contributed by atoms with Gasteiger partial charge in [-0.25, -0.2) is 0 Å². The number of benzene rings is 2. The van der Waals surface area contributed by atoms with Crippen molar-refractivity contribution in [2.75, 3.05) is 0 Å². The van der Waals surface area contributed by atoms with Crippen LogP contribution in [0.4, 0.5) is 0 Å². The summed E-state index contributed by atoms with van der Waals surface area (Å²) in [5.74, 6) is 0. The maximum absolute atomic E-state index is 6.43. The molecule has 2 aromatic rings. The molecule has 0 aliphatic heterocycles. The van der Waals surface area contributed by atoms with E-state index in [1.165, 1.54) is 0 Å². The average Bonchev–Trinajstić information content (AvgIpc) is 2.32. The van der Waals surface area contributed by atoms with Crippen LogP contribution in [-0.4, -0.2) is 0 Å². The van der Waals surface area contributed by atoms with Crippen LogP contribution in [0.1, 0.15) is 18.1 Å². The molecule has 0 bridgehead atoms. The largest absolute Gasteiger partial charge is 0.318 e. The van der Waals surface area contributed by atoms with Gasteiger partial charge in [-0.2, -0.15) is 0 Å². The Balaban J connectivity index is 2.57. The molecule has 0 heterocycles. The first-order chi connectivity index (χ1) is 8.41. The van der Waals surface area contributed by atoms with Gasteiger partial charge in [0.1, 0.15) is 0 Å². The van der Waals surface area contributed by atoms with Crippen molar-refractivity contribution in [3.63, 3.8) is 0 Å². The topological polar surface area (TPSA) is 26.0 Å². The van der Waals surface area contributed by atoms with Crippen LogP contribution in [0.2, 0.25) is 10.0 Å². The van der Waals surface area contributed by atoms with E-state index in [1.807, 2.05) is 37.3 Å². The van der Waals surface area contributed by atoms with Gasteiger partial charge in [0.15, 0.2) is 0 Å². The fraction of sp³-hybridized carbons (Fsp3) is 0.143. The molecule has 2 aromatic carbocycles. The summed E-state index contributed by atoms with van der Waals surface area (Å²) in [4.78, 5) is 0. The second kappa shape index (κ2) is 5.22. The Labute approximate surface area is 125 Å². The fourth-order valence-corrected chi connectivity index (χ4v) is 2.75. The Morgan fingerprint density at radius 3 is 2.50 bits per heavy atom. The van der Waals surface area contributed by atoms with Crippen molar-refractivity contribution in [1.82, 2.24) is 0 Å². The highest BCUT2D eigenvalue weighted by atomic mass is 79.9. The van der Waals surface area contributed by atoms with Crippen molar-refractivity contribution in [2.45, 2.75) is 12.5 Å². The lowest BCUT2D eigenvalue weighted by Gasteiger charge is -2.27. The third-order valence-electron chi connectivity index (χ3n) is 2.91. The zero-order valence-corrected chi connectivity index (χ0v) is 12.9. The predicted octanol–water partition coefficient (Wildman–Crippen LogP) is 4.98. The predicted molar refractivity (Wildman–Crippen MR) is 81.2 cm³/mol. The molecule has 94 valence electrons. The van der Waals surface area contributed by atoms with E-state index in [-0.39, 0.29) is 0 Å². The lowest BCUT2D eigenvalue weighted by molar-refractivity contribution is 0.603. The molecule has 1 atom stereocenters. The van der Waals surface area contributed by atoms with Crippen molar-refractivity contribution < 1.29 is 0 Å². The maximum atomic E-state index is 6.43. The van der Waals surface area contributed by atoms with Gasteiger partial charge in [0.2, 0.25) is 0 Å². The SMILES string of the molecule is CC(N)(c1cccc(Br)c1)c1cc(Cl)ccc1Cl. The van der Waals surface area contributed by atoms with Gasteiger partial charge in [0.05, 0.1) is 5.54 Å². The van der Waals surface area contributed by atoms with Crippen molar-refractivity contribution in [3.05, 3.63) is 68.1 Å². The summed E-state index contributed by atoms with van der Waals surface area (Å²) < 4.78 is 0.981. The summed E-state index contributed by atoms with van der Waals surface area (Å²) >= 11 is 15.7. The molecule has 2 rings (SSSR count). The lowest BCUT2D eigenvalue weighted by Crippen LogP contribution is -2.34. The summed E-state index contributed by atoms with van der Waals surface area (Å²) in [7, 11) is 0. The molecule has 18 heavy (non-hydrogen) atoms. The van der Waals surface area contributed by atoms with Gasteiger partial charge in [-0.15, -0.1) is 0 Å². The van der Waals surface area contributed by atoms with E-state index in [0.717, 1.165) is 15.6 Å². The summed E-state index contributed by atoms with van der Waals surface area (Å²) in [6.07, 6.45) is 0. The highest BCUT2D eigenvalue weighted by molar-refractivity contribution is 9.10. The summed E-state index contributed by atoms with van der Waals surface area (Å²) in [6, 6.07) is 13.2. The molecule has 0 aliphatic carbocycles. The Morgan fingerprint density at radius 1 is 1.11 bits per heavy atom. The molecule has 0 amide bonds. The summed E-state index contributed by atoms with van der Waals surface area (Å²) in [5.41, 5.74) is 7.53. The monoisotopic (exact) mass is 343 g/mol. The molecule has 0 saturated carbocycles. The zero-order valence-electron chi connectivity index (χ0n) is 9.75. The van der Waals surface area contributed by atoms with E-state index in [1.54, 1.807) is 12.1 Å². The number of rotatable bonds is 2. The summed E-state index contributed by atoms with van der Waals surface area (Å²) in [5, 5.41) is 1.24. The van der Waals surface area contributed by atoms with Crippen LogP contribution in [0.15, 0.2) is 46.9 Å². The van der Waals surface area contributed by atoms with Gasteiger partial charge in [-0.1, -0.05) is 51.3 Å². The van der Waals surface area contributed by atoms with Crippen LogP contribution >= 0.6 is 39.1 Å². The average molecular weight is 345 g/mol. The van der Waals surface area contributed by atoms with Crippen LogP contribution in [0.5, 0.6) is 0 Å². The van der Waals surface area contributed by atoms with Gasteiger partial charge in [0, 0.05) is 14.5 Å². The third kappa shape index (κ3) is 2.72. The van der Waals surface area contributed by atoms with Crippen LogP contribution < -0.4 is 5.73 Å². The molecule has 1 unspecified atom stereocenters. The van der Waals surface area contributed by atoms with Gasteiger partial charge in [-0.3, -0.25) is 0 Å². The highest BCUT2D eigenvalue weighted by Gasteiger charge is 2.26. The fourth-order valence-electron chi connectivity index (χ4n) is 1.86. The number of hydrogen-bond acceptors (Lipinski definition) is 1. The first-order valence-corrected chi connectivity index (χ1v) is 6.96. The van der Waals surface area contributed by atoms with E-state index >= 15 is 0 Å². The van der Waals surface area contributed by atoms with Crippen molar-refractivity contribution >= 4 is 39.1 Å². The second-order valence-electron chi connectivity index (χ2n) is 4.34. The molecule has 2 N–H and O–H groups in total. The van der Waals surface area contributed by atoms with Crippen molar-refractivity contribution in [3.8, 4) is 0 Å². The Morgan fingerprint density at radius 2 is 1.83 bits per heavy atom. The van der Waals surface area contributed by atoms with Gasteiger partial charge >= 0.3 is 0 Å². The van der Waals surface area contributed by atoms with E-state index in [2.05, 4.69) is 15.9 Å². The second-order valence-corrected chi connectivity index (χ2v) is 6.10. The summed E-state index contributed by atoms with van der Waals surface area (Å²) in [6.45, 7) is 1.92. The lowest BCUT2D eigenvalue weighted by atomic mass is 9.86. The molecule has 1 nitrogen and oxygen atoms in total. The van der Waals surface area contributed by atoms with E-state index in [9.17, 15) is 0 Å². The highest BCUT2D eigenvalue weighted by Crippen LogP contribution is 2.34. The number of hydrogen-bond donors (Lipinski definition) is 1. The van der Waals surface area contributed by atoms with Gasteiger partial charge in [0.25, 0.3) is 0 Å². The first kappa shape index (κ1) is 13.9. The minimum absolute atomic E-state index is 0.615. The van der Waals surface area contributed by atoms with Crippen molar-refractivity contribution in [1.29, 1.82) is 0 Å². The normalized spacial score (nSPS) is 14.3. The molecular formula is C14H12BrCl2N. The first-order valence-electron chi connectivity index (χ1n) is 5.42. The maximum Gasteiger partial charge on any atom is 0.0652 e. The quantitative estimate of drug-likeness (QED) is 0.817. The number of halogens is 3. The van der Waals surface area contributed by atoms with Crippen LogP contribution in [-0.2, 0) is 5.54 Å². The zero-order chi connectivity index (χ0) is 13.3. The smallest absolute Gasteiger partial charge is 0.0652 e. The Bertz CT molecular complexity index is 582. The Hall–Kier alpha value is -0.540. The van der Waals surface area contributed by atoms with Crippen LogP contribution in [0.25, 0.3) is 0 Å². The molecule has 0 aromatic heterocycles.